The molecule has 14 heavy (non-hydrogen) atoms. The van der Waals surface area contributed by atoms with Crippen molar-refractivity contribution < 1.29 is 8.78 Å². The van der Waals surface area contributed by atoms with Crippen LogP contribution >= 0.6 is 0 Å². The van der Waals surface area contributed by atoms with Crippen LogP contribution < -0.4 is 0 Å². The van der Waals surface area contributed by atoms with Gasteiger partial charge in [0.25, 0.3) is 5.92 Å². The van der Waals surface area contributed by atoms with Crippen molar-refractivity contribution >= 4 is 0 Å². The highest BCUT2D eigenvalue weighted by Crippen LogP contribution is 2.35. The molecular weight excluding hydrogens is 184 g/mol. The van der Waals surface area contributed by atoms with E-state index in [0.717, 1.165) is 12.8 Å². The van der Waals surface area contributed by atoms with E-state index in [1.165, 1.54) is 6.92 Å². The summed E-state index contributed by atoms with van der Waals surface area (Å²) >= 11 is 0. The molecule has 80 valence electrons. The minimum atomic E-state index is -2.90. The van der Waals surface area contributed by atoms with Gasteiger partial charge in [0, 0.05) is 12.3 Å². The van der Waals surface area contributed by atoms with E-state index < -0.39 is 11.8 Å². The zero-order valence-electron chi connectivity index (χ0n) is 8.82. The van der Waals surface area contributed by atoms with Gasteiger partial charge >= 0.3 is 0 Å². The van der Waals surface area contributed by atoms with E-state index in [1.54, 1.807) is 6.07 Å². The lowest BCUT2D eigenvalue weighted by Crippen LogP contribution is -2.27. The Morgan fingerprint density at radius 2 is 2.14 bits per heavy atom. The van der Waals surface area contributed by atoms with Crippen LogP contribution in [0.4, 0.5) is 8.78 Å². The summed E-state index contributed by atoms with van der Waals surface area (Å²) in [5, 5.41) is 8.34. The Kier molecular flexibility index (Phi) is 5.37. The van der Waals surface area contributed by atoms with Crippen molar-refractivity contribution in [2.75, 3.05) is 0 Å². The molecule has 0 rings (SSSR count). The largest absolute Gasteiger partial charge is 0.272 e. The highest BCUT2D eigenvalue weighted by molar-refractivity contribution is 5.10. The molecule has 0 saturated carbocycles. The van der Waals surface area contributed by atoms with Gasteiger partial charge in [0.05, 0.1) is 6.07 Å². The van der Waals surface area contributed by atoms with E-state index in [2.05, 4.69) is 6.58 Å². The zero-order valence-corrected chi connectivity index (χ0v) is 8.82. The molecule has 1 unspecified atom stereocenters. The van der Waals surface area contributed by atoms with E-state index in [1.807, 2.05) is 6.92 Å². The number of hydrogen-bond acceptors (Lipinski definition) is 1. The molecule has 0 aliphatic heterocycles. The topological polar surface area (TPSA) is 23.8 Å². The first-order valence-electron chi connectivity index (χ1n) is 4.89. The van der Waals surface area contributed by atoms with Gasteiger partial charge in [-0.15, -0.1) is 0 Å². The second-order valence-corrected chi connectivity index (χ2v) is 3.59. The molecule has 0 heterocycles. The van der Waals surface area contributed by atoms with Crippen LogP contribution in [0.5, 0.6) is 0 Å². The number of unbranched alkanes of at least 4 members (excludes halogenated alkanes) is 1. The van der Waals surface area contributed by atoms with Gasteiger partial charge in [-0.2, -0.15) is 5.26 Å². The Hall–Kier alpha value is -0.910. The summed E-state index contributed by atoms with van der Waals surface area (Å²) in [7, 11) is 0. The second-order valence-electron chi connectivity index (χ2n) is 3.59. The van der Waals surface area contributed by atoms with E-state index in [0.29, 0.717) is 6.42 Å². The third-order valence-corrected chi connectivity index (χ3v) is 2.32. The van der Waals surface area contributed by atoms with E-state index in [4.69, 9.17) is 5.26 Å². The summed E-state index contributed by atoms with van der Waals surface area (Å²) in [6, 6.07) is 1.76. The van der Waals surface area contributed by atoms with Crippen LogP contribution in [0.2, 0.25) is 0 Å². The van der Waals surface area contributed by atoms with Crippen molar-refractivity contribution in [1.82, 2.24) is 0 Å². The summed E-state index contributed by atoms with van der Waals surface area (Å²) in [5.41, 5.74) is -0.0397. The summed E-state index contributed by atoms with van der Waals surface area (Å²) in [6.07, 6.45) is 1.83. The lowest BCUT2D eigenvalue weighted by Gasteiger charge is -2.23. The minimum Gasteiger partial charge on any atom is -0.201 e. The zero-order chi connectivity index (χ0) is 11.2. The molecule has 0 aliphatic rings. The van der Waals surface area contributed by atoms with Gasteiger partial charge in [-0.3, -0.25) is 0 Å². The monoisotopic (exact) mass is 201 g/mol. The van der Waals surface area contributed by atoms with Crippen molar-refractivity contribution in [3.8, 4) is 6.07 Å². The van der Waals surface area contributed by atoms with Gasteiger partial charge in [-0.05, 0) is 18.4 Å². The first-order valence-corrected chi connectivity index (χ1v) is 4.89. The molecule has 1 atom stereocenters. The Morgan fingerprint density at radius 3 is 2.57 bits per heavy atom. The average Bonchev–Trinajstić information content (AvgIpc) is 2.14. The Labute approximate surface area is 84.4 Å². The van der Waals surface area contributed by atoms with Gasteiger partial charge in [0.15, 0.2) is 0 Å². The van der Waals surface area contributed by atoms with Crippen LogP contribution in [0.15, 0.2) is 12.2 Å². The Balaban J connectivity index is 4.29. The number of alkyl halides is 2. The quantitative estimate of drug-likeness (QED) is 0.597. The van der Waals surface area contributed by atoms with Gasteiger partial charge in [-0.25, -0.2) is 8.78 Å². The predicted molar refractivity (Wildman–Crippen MR) is 53.0 cm³/mol. The van der Waals surface area contributed by atoms with E-state index in [9.17, 15) is 8.78 Å². The highest BCUT2D eigenvalue weighted by atomic mass is 19.3. The lowest BCUT2D eigenvalue weighted by molar-refractivity contribution is -0.0146. The molecule has 0 bridgehead atoms. The molecule has 1 nitrogen and oxygen atoms in total. The average molecular weight is 201 g/mol. The van der Waals surface area contributed by atoms with Crippen molar-refractivity contribution in [2.24, 2.45) is 5.92 Å². The molecule has 0 spiro atoms. The van der Waals surface area contributed by atoms with Crippen molar-refractivity contribution in [3.63, 3.8) is 0 Å². The smallest absolute Gasteiger partial charge is 0.201 e. The fourth-order valence-electron chi connectivity index (χ4n) is 1.17. The number of hydrogen-bond donors (Lipinski definition) is 0. The second kappa shape index (κ2) is 5.74. The number of halogens is 2. The summed E-state index contributed by atoms with van der Waals surface area (Å²) in [5.74, 6) is -3.83. The maximum Gasteiger partial charge on any atom is 0.272 e. The third kappa shape index (κ3) is 3.45. The normalized spacial score (nSPS) is 13.4. The first-order chi connectivity index (χ1) is 6.46. The maximum absolute atomic E-state index is 13.5. The number of nitrogens with zero attached hydrogens (tertiary/aromatic N) is 1. The van der Waals surface area contributed by atoms with Crippen LogP contribution in [0, 0.1) is 17.2 Å². The van der Waals surface area contributed by atoms with E-state index in [-0.39, 0.29) is 12.0 Å². The molecule has 3 heteroatoms. The standard InChI is InChI=1S/C11H17F2N/c1-4-5-6-9(2)11(12,13)10(3)7-8-14/h10H,2,4-7H2,1,3H3. The fourth-order valence-corrected chi connectivity index (χ4v) is 1.17. The van der Waals surface area contributed by atoms with Gasteiger partial charge in [0.1, 0.15) is 0 Å². The van der Waals surface area contributed by atoms with Gasteiger partial charge in [0.2, 0.25) is 0 Å². The predicted octanol–water partition coefficient (Wildman–Crippen LogP) is 3.92. The molecule has 0 radical (unpaired) electrons. The van der Waals surface area contributed by atoms with Gasteiger partial charge < -0.3 is 0 Å². The van der Waals surface area contributed by atoms with Crippen LogP contribution in [0.1, 0.15) is 39.5 Å². The summed E-state index contributed by atoms with van der Waals surface area (Å²) < 4.78 is 26.9. The molecule has 0 saturated heterocycles. The SMILES string of the molecule is C=C(CCCC)C(F)(F)C(C)CC#N. The molecule has 0 aliphatic carbocycles. The molecule has 0 aromatic carbocycles. The minimum absolute atomic E-state index is 0.0397. The molecule has 0 aromatic rings. The van der Waals surface area contributed by atoms with Crippen molar-refractivity contribution in [3.05, 3.63) is 12.2 Å². The maximum atomic E-state index is 13.5. The number of rotatable bonds is 6. The molecule has 0 aromatic heterocycles. The van der Waals surface area contributed by atoms with Crippen LogP contribution in [0.25, 0.3) is 0 Å². The van der Waals surface area contributed by atoms with Crippen molar-refractivity contribution in [1.29, 1.82) is 5.26 Å². The third-order valence-electron chi connectivity index (χ3n) is 2.32. The lowest BCUT2D eigenvalue weighted by atomic mass is 9.92. The molecule has 0 amide bonds. The van der Waals surface area contributed by atoms with Crippen LogP contribution in [0.3, 0.4) is 0 Å². The first kappa shape index (κ1) is 13.1. The van der Waals surface area contributed by atoms with Crippen LogP contribution in [-0.2, 0) is 0 Å². The Bertz CT molecular complexity index is 228. The van der Waals surface area contributed by atoms with Crippen LogP contribution in [-0.4, -0.2) is 5.92 Å². The number of allylic oxidation sites excluding steroid dienone is 1. The highest BCUT2D eigenvalue weighted by Gasteiger charge is 2.38. The molecular formula is C11H17F2N. The summed E-state index contributed by atoms with van der Waals surface area (Å²) in [4.78, 5) is 0. The Morgan fingerprint density at radius 1 is 1.57 bits per heavy atom. The number of nitriles is 1. The summed E-state index contributed by atoms with van der Waals surface area (Å²) in [6.45, 7) is 6.75. The van der Waals surface area contributed by atoms with Gasteiger partial charge in [-0.1, -0.05) is 26.8 Å². The van der Waals surface area contributed by atoms with E-state index >= 15 is 0 Å². The molecule has 0 fully saturated rings. The fraction of sp³-hybridized carbons (Fsp3) is 0.727. The van der Waals surface area contributed by atoms with Crippen molar-refractivity contribution in [2.45, 2.75) is 45.5 Å². The molecule has 0 N–H and O–H groups in total.